The van der Waals surface area contributed by atoms with E-state index in [4.69, 9.17) is 4.74 Å². The minimum atomic E-state index is -0.781. The molecule has 2 unspecified atom stereocenters. The molecule has 2 bridgehead atoms. The Hall–Kier alpha value is -1.23. The van der Waals surface area contributed by atoms with Crippen LogP contribution in [0.1, 0.15) is 48.9 Å². The van der Waals surface area contributed by atoms with E-state index in [1.165, 1.54) is 25.0 Å². The summed E-state index contributed by atoms with van der Waals surface area (Å²) < 4.78 is 31.5. The quantitative estimate of drug-likeness (QED) is 0.773. The zero-order chi connectivity index (χ0) is 16.0. The highest BCUT2D eigenvalue weighted by atomic mass is 32.2. The molecule has 1 saturated carbocycles. The largest absolute Gasteiger partial charge is 0.493 e. The molecule has 1 aromatic carbocycles. The molecule has 2 atom stereocenters. The lowest BCUT2D eigenvalue weighted by Crippen LogP contribution is -2.32. The Morgan fingerprint density at radius 3 is 2.52 bits per heavy atom. The van der Waals surface area contributed by atoms with Crippen LogP contribution in [0.5, 0.6) is 5.75 Å². The molecule has 3 nitrogen and oxygen atoms in total. The van der Waals surface area contributed by atoms with E-state index in [2.05, 4.69) is 0 Å². The standard InChI is InChI=1S/C18H21FO3S/c19-13-3-6-17(22-10-11-1-2-11)16(9-13)18(20)12-7-14-4-5-15(8-12)23(14)21/h3,6,9,11-12,14-15H,1-2,4-5,7-8,10H2. The lowest BCUT2D eigenvalue weighted by atomic mass is 9.90. The molecule has 4 rings (SSSR count). The summed E-state index contributed by atoms with van der Waals surface area (Å²) in [5.74, 6) is 0.493. The van der Waals surface area contributed by atoms with E-state index in [0.29, 0.717) is 36.7 Å². The molecule has 0 radical (unpaired) electrons. The number of hydrogen-bond donors (Lipinski definition) is 0. The fourth-order valence-corrected chi connectivity index (χ4v) is 5.90. The van der Waals surface area contributed by atoms with Crippen LogP contribution in [0.4, 0.5) is 4.39 Å². The van der Waals surface area contributed by atoms with E-state index in [9.17, 15) is 13.4 Å². The Bertz CT molecular complexity index is 640. The van der Waals surface area contributed by atoms with Gasteiger partial charge >= 0.3 is 0 Å². The number of Topliss-reactive ketones (excluding diaryl/α,β-unsaturated/α-hetero) is 1. The average Bonchev–Trinajstić information content (AvgIpc) is 3.34. The maximum Gasteiger partial charge on any atom is 0.169 e. The molecule has 1 aromatic rings. The van der Waals surface area contributed by atoms with Crippen LogP contribution in [0.25, 0.3) is 0 Å². The molecule has 3 aliphatic rings. The SMILES string of the molecule is O=C(c1cc(F)ccc1OCC1CC1)C1CC2CCC(C1)S2=O. The Labute approximate surface area is 138 Å². The molecule has 124 valence electrons. The van der Waals surface area contributed by atoms with E-state index in [-0.39, 0.29) is 22.2 Å². The smallest absolute Gasteiger partial charge is 0.169 e. The number of ketones is 1. The molecule has 23 heavy (non-hydrogen) atoms. The zero-order valence-electron chi connectivity index (χ0n) is 13.0. The predicted molar refractivity (Wildman–Crippen MR) is 86.6 cm³/mol. The van der Waals surface area contributed by atoms with E-state index in [1.807, 2.05) is 0 Å². The van der Waals surface area contributed by atoms with Crippen LogP contribution in [0.15, 0.2) is 18.2 Å². The van der Waals surface area contributed by atoms with Crippen LogP contribution in [-0.2, 0) is 10.8 Å². The number of hydrogen-bond acceptors (Lipinski definition) is 3. The number of carbonyl (C=O) groups is 1. The van der Waals surface area contributed by atoms with Crippen molar-refractivity contribution in [2.75, 3.05) is 6.61 Å². The molecule has 0 amide bonds. The first-order valence-corrected chi connectivity index (χ1v) is 9.75. The number of benzene rings is 1. The Morgan fingerprint density at radius 2 is 1.87 bits per heavy atom. The first kappa shape index (κ1) is 15.3. The lowest BCUT2D eigenvalue weighted by molar-refractivity contribution is 0.0901. The van der Waals surface area contributed by atoms with Crippen LogP contribution < -0.4 is 4.74 Å². The summed E-state index contributed by atoms with van der Waals surface area (Å²) in [6.07, 6.45) is 5.58. The third kappa shape index (κ3) is 3.08. The topological polar surface area (TPSA) is 43.4 Å². The van der Waals surface area contributed by atoms with Gasteiger partial charge in [-0.3, -0.25) is 9.00 Å². The van der Waals surface area contributed by atoms with Gasteiger partial charge in [-0.1, -0.05) is 0 Å². The Balaban J connectivity index is 1.55. The molecular formula is C18H21FO3S. The maximum absolute atomic E-state index is 13.7. The van der Waals surface area contributed by atoms with Crippen LogP contribution in [0.3, 0.4) is 0 Å². The summed E-state index contributed by atoms with van der Waals surface area (Å²) in [6.45, 7) is 0.603. The molecule has 5 heteroatoms. The summed E-state index contributed by atoms with van der Waals surface area (Å²) >= 11 is 0. The molecule has 2 saturated heterocycles. The van der Waals surface area contributed by atoms with Gasteiger partial charge in [0.15, 0.2) is 5.78 Å². The average molecular weight is 336 g/mol. The first-order valence-electron chi connectivity index (χ1n) is 8.47. The third-order valence-corrected chi connectivity index (χ3v) is 7.48. The van der Waals surface area contributed by atoms with Crippen LogP contribution in [0.2, 0.25) is 0 Å². The van der Waals surface area contributed by atoms with Gasteiger partial charge in [0.1, 0.15) is 11.6 Å². The lowest BCUT2D eigenvalue weighted by Gasteiger charge is -2.26. The number of carbonyl (C=O) groups excluding carboxylic acids is 1. The van der Waals surface area contributed by atoms with Crippen molar-refractivity contribution >= 4 is 16.6 Å². The molecule has 0 spiro atoms. The van der Waals surface area contributed by atoms with Gasteiger partial charge in [-0.05, 0) is 62.6 Å². The molecular weight excluding hydrogens is 315 g/mol. The maximum atomic E-state index is 13.7. The number of fused-ring (bicyclic) bond motifs is 2. The van der Waals surface area contributed by atoms with Gasteiger partial charge in [0, 0.05) is 27.2 Å². The molecule has 0 N–H and O–H groups in total. The van der Waals surface area contributed by atoms with Crippen molar-refractivity contribution in [3.8, 4) is 5.75 Å². The van der Waals surface area contributed by atoms with E-state index in [1.54, 1.807) is 6.07 Å². The van der Waals surface area contributed by atoms with Crippen molar-refractivity contribution in [1.82, 2.24) is 0 Å². The summed E-state index contributed by atoms with van der Waals surface area (Å²) in [6, 6.07) is 4.22. The van der Waals surface area contributed by atoms with Crippen molar-refractivity contribution in [2.24, 2.45) is 11.8 Å². The predicted octanol–water partition coefficient (Wildman–Crippen LogP) is 3.49. The fraction of sp³-hybridized carbons (Fsp3) is 0.611. The summed E-state index contributed by atoms with van der Waals surface area (Å²) in [5, 5.41) is 0.291. The van der Waals surface area contributed by atoms with Crippen molar-refractivity contribution in [1.29, 1.82) is 0 Å². The molecule has 3 fully saturated rings. The molecule has 1 aliphatic carbocycles. The first-order chi connectivity index (χ1) is 11.1. The second-order valence-electron chi connectivity index (χ2n) is 7.08. The van der Waals surface area contributed by atoms with E-state index < -0.39 is 16.6 Å². The van der Waals surface area contributed by atoms with Crippen molar-refractivity contribution < 1.29 is 18.1 Å². The van der Waals surface area contributed by atoms with Gasteiger partial charge in [-0.15, -0.1) is 0 Å². The second-order valence-corrected chi connectivity index (χ2v) is 9.07. The summed E-state index contributed by atoms with van der Waals surface area (Å²) in [7, 11) is -0.781. The number of halogens is 1. The molecule has 0 aromatic heterocycles. The minimum absolute atomic E-state index is 0.0381. The van der Waals surface area contributed by atoms with Gasteiger partial charge in [0.2, 0.25) is 0 Å². The minimum Gasteiger partial charge on any atom is -0.493 e. The highest BCUT2D eigenvalue weighted by Crippen LogP contribution is 2.41. The highest BCUT2D eigenvalue weighted by Gasteiger charge is 2.43. The summed E-state index contributed by atoms with van der Waals surface area (Å²) in [5.41, 5.74) is 0.364. The zero-order valence-corrected chi connectivity index (χ0v) is 13.8. The van der Waals surface area contributed by atoms with Crippen molar-refractivity contribution in [3.05, 3.63) is 29.6 Å². The van der Waals surface area contributed by atoms with Gasteiger partial charge < -0.3 is 4.74 Å². The van der Waals surface area contributed by atoms with Crippen molar-refractivity contribution in [3.63, 3.8) is 0 Å². The van der Waals surface area contributed by atoms with E-state index >= 15 is 0 Å². The van der Waals surface area contributed by atoms with Crippen LogP contribution >= 0.6 is 0 Å². The number of rotatable bonds is 5. The Kier molecular flexibility index (Phi) is 4.00. The molecule has 2 heterocycles. The van der Waals surface area contributed by atoms with Crippen molar-refractivity contribution in [2.45, 2.75) is 49.0 Å². The van der Waals surface area contributed by atoms with Gasteiger partial charge in [-0.25, -0.2) is 4.39 Å². The van der Waals surface area contributed by atoms with Gasteiger partial charge in [0.25, 0.3) is 0 Å². The van der Waals surface area contributed by atoms with Gasteiger partial charge in [0.05, 0.1) is 12.2 Å². The van der Waals surface area contributed by atoms with Crippen LogP contribution in [0, 0.1) is 17.7 Å². The third-order valence-electron chi connectivity index (χ3n) is 5.31. The molecule has 2 aliphatic heterocycles. The fourth-order valence-electron chi connectivity index (χ4n) is 3.78. The second kappa shape index (κ2) is 6.00. The van der Waals surface area contributed by atoms with Gasteiger partial charge in [-0.2, -0.15) is 0 Å². The van der Waals surface area contributed by atoms with Crippen LogP contribution in [-0.4, -0.2) is 27.1 Å². The summed E-state index contributed by atoms with van der Waals surface area (Å²) in [4.78, 5) is 12.9. The number of ether oxygens (including phenoxy) is 1. The Morgan fingerprint density at radius 1 is 1.17 bits per heavy atom. The highest BCUT2D eigenvalue weighted by molar-refractivity contribution is 7.86. The monoisotopic (exact) mass is 336 g/mol. The van der Waals surface area contributed by atoms with E-state index in [0.717, 1.165) is 12.8 Å². The normalized spacial score (nSPS) is 32.7.